The van der Waals surface area contributed by atoms with E-state index in [-0.39, 0.29) is 23.0 Å². The van der Waals surface area contributed by atoms with E-state index >= 15 is 0 Å². The summed E-state index contributed by atoms with van der Waals surface area (Å²) in [5.74, 6) is -1.28. The molecule has 2 aromatic carbocycles. The zero-order valence-electron chi connectivity index (χ0n) is 16.1. The lowest BCUT2D eigenvalue weighted by Gasteiger charge is -2.20. The molecule has 8 nitrogen and oxygen atoms in total. The highest BCUT2D eigenvalue weighted by molar-refractivity contribution is 5.92. The molecule has 1 unspecified atom stereocenters. The van der Waals surface area contributed by atoms with E-state index in [2.05, 4.69) is 17.4 Å². The monoisotopic (exact) mass is 397 g/mol. The van der Waals surface area contributed by atoms with Crippen molar-refractivity contribution in [3.63, 3.8) is 0 Å². The van der Waals surface area contributed by atoms with E-state index in [1.807, 2.05) is 13.0 Å². The second kappa shape index (κ2) is 8.72. The maximum Gasteiger partial charge on any atom is 0.338 e. The second-order valence-corrected chi connectivity index (χ2v) is 7.13. The van der Waals surface area contributed by atoms with Gasteiger partial charge < -0.3 is 15.8 Å². The third-order valence-electron chi connectivity index (χ3n) is 5.05. The van der Waals surface area contributed by atoms with Crippen molar-refractivity contribution in [3.05, 3.63) is 68.8 Å². The van der Waals surface area contributed by atoms with Crippen LogP contribution >= 0.6 is 0 Å². The first-order chi connectivity index (χ1) is 13.8. The summed E-state index contributed by atoms with van der Waals surface area (Å²) in [6, 6.07) is 9.62. The Bertz CT molecular complexity index is 957. The molecule has 1 amide bonds. The number of hydrogen-bond donors (Lipinski definition) is 2. The van der Waals surface area contributed by atoms with Gasteiger partial charge in [-0.2, -0.15) is 0 Å². The molecule has 0 saturated heterocycles. The number of carbonyl (C=O) groups is 2. The molecule has 0 bridgehead atoms. The van der Waals surface area contributed by atoms with Crippen LogP contribution in [0.2, 0.25) is 0 Å². The number of esters is 1. The Kier molecular flexibility index (Phi) is 6.11. The molecule has 152 valence electrons. The Labute approximate surface area is 168 Å². The standard InChI is InChI=1S/C21H23N3O5/c1-13(15-7-6-14-4-2-3-5-16(14)10-15)23-20(25)12-29-21(26)17-8-9-18(22)19(11-17)24(27)28/h6-11,13H,2-5,12,22H2,1H3,(H,23,25). The first-order valence-corrected chi connectivity index (χ1v) is 9.47. The van der Waals surface area contributed by atoms with Crippen molar-refractivity contribution in [1.29, 1.82) is 0 Å². The SMILES string of the molecule is CC(NC(=O)COC(=O)c1ccc(N)c([N+](=O)[O-])c1)c1ccc2c(c1)CCCC2. The molecule has 0 heterocycles. The van der Waals surface area contributed by atoms with Gasteiger partial charge in [0.15, 0.2) is 6.61 Å². The summed E-state index contributed by atoms with van der Waals surface area (Å²) >= 11 is 0. The van der Waals surface area contributed by atoms with Gasteiger partial charge in [-0.05, 0) is 61.4 Å². The minimum absolute atomic E-state index is 0.0403. The molecule has 1 aliphatic rings. The van der Waals surface area contributed by atoms with Gasteiger partial charge in [0, 0.05) is 6.07 Å². The summed E-state index contributed by atoms with van der Waals surface area (Å²) in [4.78, 5) is 34.5. The average Bonchev–Trinajstić information content (AvgIpc) is 2.71. The summed E-state index contributed by atoms with van der Waals surface area (Å²) in [6.07, 6.45) is 4.53. The van der Waals surface area contributed by atoms with Crippen LogP contribution in [0.15, 0.2) is 36.4 Å². The van der Waals surface area contributed by atoms with E-state index < -0.39 is 23.4 Å². The van der Waals surface area contributed by atoms with Gasteiger partial charge in [0.05, 0.1) is 16.5 Å². The van der Waals surface area contributed by atoms with Gasteiger partial charge in [-0.25, -0.2) is 4.79 Å². The van der Waals surface area contributed by atoms with Crippen molar-refractivity contribution in [2.45, 2.75) is 38.6 Å². The number of rotatable bonds is 6. The zero-order valence-corrected chi connectivity index (χ0v) is 16.1. The summed E-state index contributed by atoms with van der Waals surface area (Å²) in [5, 5.41) is 13.7. The Hall–Kier alpha value is -3.42. The van der Waals surface area contributed by atoms with Crippen LogP contribution in [0.5, 0.6) is 0 Å². The molecular formula is C21H23N3O5. The summed E-state index contributed by atoms with van der Waals surface area (Å²) in [6.45, 7) is 1.39. The molecule has 0 spiro atoms. The number of fused-ring (bicyclic) bond motifs is 1. The number of nitrogens with one attached hydrogen (secondary N) is 1. The number of amides is 1. The fraction of sp³-hybridized carbons (Fsp3) is 0.333. The molecule has 0 radical (unpaired) electrons. The molecule has 2 aromatic rings. The van der Waals surface area contributed by atoms with E-state index in [0.29, 0.717) is 0 Å². The Morgan fingerprint density at radius 1 is 1.17 bits per heavy atom. The fourth-order valence-electron chi connectivity index (χ4n) is 3.43. The Morgan fingerprint density at radius 3 is 2.62 bits per heavy atom. The van der Waals surface area contributed by atoms with E-state index in [9.17, 15) is 19.7 Å². The predicted molar refractivity (Wildman–Crippen MR) is 107 cm³/mol. The number of benzene rings is 2. The first kappa shape index (κ1) is 20.3. The number of aryl methyl sites for hydroxylation is 2. The maximum atomic E-state index is 12.2. The topological polar surface area (TPSA) is 125 Å². The molecule has 8 heteroatoms. The van der Waals surface area contributed by atoms with Crippen LogP contribution in [-0.4, -0.2) is 23.4 Å². The van der Waals surface area contributed by atoms with Crippen LogP contribution in [0.25, 0.3) is 0 Å². The second-order valence-electron chi connectivity index (χ2n) is 7.13. The highest BCUT2D eigenvalue weighted by atomic mass is 16.6. The van der Waals surface area contributed by atoms with E-state index in [1.165, 1.54) is 36.1 Å². The van der Waals surface area contributed by atoms with Gasteiger partial charge in [-0.15, -0.1) is 0 Å². The number of anilines is 1. The van der Waals surface area contributed by atoms with Gasteiger partial charge >= 0.3 is 5.97 Å². The molecule has 0 saturated carbocycles. The lowest BCUT2D eigenvalue weighted by molar-refractivity contribution is -0.383. The Balaban J connectivity index is 1.56. The molecule has 3 N–H and O–H groups in total. The number of nitro groups is 1. The summed E-state index contributed by atoms with van der Waals surface area (Å²) in [7, 11) is 0. The lowest BCUT2D eigenvalue weighted by Crippen LogP contribution is -2.31. The van der Waals surface area contributed by atoms with Crippen LogP contribution in [-0.2, 0) is 22.4 Å². The van der Waals surface area contributed by atoms with E-state index in [1.54, 1.807) is 0 Å². The predicted octanol–water partition coefficient (Wildman–Crippen LogP) is 3.09. The summed E-state index contributed by atoms with van der Waals surface area (Å²) < 4.78 is 4.98. The number of carbonyl (C=O) groups excluding carboxylic acids is 2. The van der Waals surface area contributed by atoms with Crippen molar-refractivity contribution >= 4 is 23.3 Å². The van der Waals surface area contributed by atoms with Crippen LogP contribution in [0.4, 0.5) is 11.4 Å². The van der Waals surface area contributed by atoms with Crippen molar-refractivity contribution in [2.24, 2.45) is 0 Å². The third-order valence-corrected chi connectivity index (χ3v) is 5.05. The van der Waals surface area contributed by atoms with E-state index in [4.69, 9.17) is 10.5 Å². The quantitative estimate of drug-likeness (QED) is 0.334. The fourth-order valence-corrected chi connectivity index (χ4v) is 3.43. The normalized spacial score (nSPS) is 13.8. The van der Waals surface area contributed by atoms with Crippen LogP contribution in [0, 0.1) is 10.1 Å². The number of nitrogen functional groups attached to an aromatic ring is 1. The van der Waals surface area contributed by atoms with Gasteiger partial charge in [0.2, 0.25) is 0 Å². The largest absolute Gasteiger partial charge is 0.452 e. The molecule has 0 aromatic heterocycles. The first-order valence-electron chi connectivity index (χ1n) is 9.47. The summed E-state index contributed by atoms with van der Waals surface area (Å²) in [5.41, 5.74) is 8.72. The minimum atomic E-state index is -0.829. The van der Waals surface area contributed by atoms with Crippen molar-refractivity contribution in [1.82, 2.24) is 5.32 Å². The van der Waals surface area contributed by atoms with Crippen LogP contribution in [0.3, 0.4) is 0 Å². The van der Waals surface area contributed by atoms with E-state index in [0.717, 1.165) is 24.5 Å². The van der Waals surface area contributed by atoms with Gasteiger partial charge in [0.1, 0.15) is 5.69 Å². The maximum absolute atomic E-state index is 12.2. The van der Waals surface area contributed by atoms with Crippen molar-refractivity contribution in [3.8, 4) is 0 Å². The molecule has 0 aliphatic heterocycles. The Morgan fingerprint density at radius 2 is 1.90 bits per heavy atom. The van der Waals surface area contributed by atoms with Gasteiger partial charge in [-0.3, -0.25) is 14.9 Å². The lowest BCUT2D eigenvalue weighted by atomic mass is 9.89. The average molecular weight is 397 g/mol. The molecule has 0 fully saturated rings. The third kappa shape index (κ3) is 4.90. The van der Waals surface area contributed by atoms with Gasteiger partial charge in [0.25, 0.3) is 11.6 Å². The number of nitro benzene ring substituents is 1. The van der Waals surface area contributed by atoms with Crippen LogP contribution in [0.1, 0.15) is 52.9 Å². The number of ether oxygens (including phenoxy) is 1. The number of nitrogens with zero attached hydrogens (tertiary/aromatic N) is 1. The zero-order chi connectivity index (χ0) is 21.0. The molecule has 29 heavy (non-hydrogen) atoms. The molecule has 1 atom stereocenters. The van der Waals surface area contributed by atoms with Crippen LogP contribution < -0.4 is 11.1 Å². The number of nitrogens with two attached hydrogens (primary N) is 1. The van der Waals surface area contributed by atoms with Gasteiger partial charge in [-0.1, -0.05) is 18.2 Å². The highest BCUT2D eigenvalue weighted by Crippen LogP contribution is 2.25. The van der Waals surface area contributed by atoms with Crippen molar-refractivity contribution in [2.75, 3.05) is 12.3 Å². The smallest absolute Gasteiger partial charge is 0.338 e. The number of hydrogen-bond acceptors (Lipinski definition) is 6. The molecule has 1 aliphatic carbocycles. The van der Waals surface area contributed by atoms with Crippen molar-refractivity contribution < 1.29 is 19.2 Å². The molecule has 3 rings (SSSR count). The highest BCUT2D eigenvalue weighted by Gasteiger charge is 2.18. The minimum Gasteiger partial charge on any atom is -0.452 e. The molecular weight excluding hydrogens is 374 g/mol.